The molecule has 2 heterocycles. The van der Waals surface area contributed by atoms with Gasteiger partial charge in [-0.25, -0.2) is 0 Å². The third-order valence-electron chi connectivity index (χ3n) is 3.50. The normalized spacial score (nSPS) is 17.2. The van der Waals surface area contributed by atoms with Crippen LogP contribution in [0.25, 0.3) is 10.9 Å². The zero-order chi connectivity index (χ0) is 12.5. The van der Waals surface area contributed by atoms with E-state index in [1.807, 2.05) is 24.4 Å². The van der Waals surface area contributed by atoms with Crippen molar-refractivity contribution >= 4 is 32.6 Å². The zero-order valence-corrected chi connectivity index (χ0v) is 11.5. The molecule has 0 amide bonds. The van der Waals surface area contributed by atoms with Gasteiger partial charge in [-0.2, -0.15) is 0 Å². The molecule has 0 aliphatic carbocycles. The molecular weight excluding hydrogens is 294 g/mol. The van der Waals surface area contributed by atoms with E-state index < -0.39 is 0 Å². The molecule has 1 aromatic heterocycles. The highest BCUT2D eigenvalue weighted by Crippen LogP contribution is 2.27. The van der Waals surface area contributed by atoms with E-state index >= 15 is 0 Å². The van der Waals surface area contributed by atoms with Crippen molar-refractivity contribution in [2.45, 2.75) is 12.8 Å². The van der Waals surface area contributed by atoms with Gasteiger partial charge in [0.15, 0.2) is 5.78 Å². The van der Waals surface area contributed by atoms with Crippen molar-refractivity contribution < 1.29 is 9.53 Å². The molecule has 1 aromatic carbocycles. The van der Waals surface area contributed by atoms with Gasteiger partial charge in [0.2, 0.25) is 0 Å². The number of carbonyl (C=O) groups excluding carboxylic acids is 1. The van der Waals surface area contributed by atoms with Crippen LogP contribution in [0.4, 0.5) is 0 Å². The number of hydrogen-bond donors (Lipinski definition) is 1. The molecule has 0 unspecified atom stereocenters. The minimum atomic E-state index is 0.112. The molecule has 3 nitrogen and oxygen atoms in total. The first kappa shape index (κ1) is 11.9. The summed E-state index contributed by atoms with van der Waals surface area (Å²) >= 11 is 3.43. The minimum Gasteiger partial charge on any atom is -0.381 e. The van der Waals surface area contributed by atoms with E-state index in [4.69, 9.17) is 4.74 Å². The lowest BCUT2D eigenvalue weighted by molar-refractivity contribution is 0.0546. The molecule has 1 aliphatic rings. The Bertz CT molecular complexity index is 584. The molecule has 0 atom stereocenters. The van der Waals surface area contributed by atoms with Crippen molar-refractivity contribution in [1.29, 1.82) is 0 Å². The number of Topliss-reactive ketones (excluding diaryl/α,β-unsaturated/α-hetero) is 1. The fraction of sp³-hybridized carbons (Fsp3) is 0.357. The number of rotatable bonds is 2. The van der Waals surface area contributed by atoms with Gasteiger partial charge >= 0.3 is 0 Å². The van der Waals surface area contributed by atoms with Gasteiger partial charge in [0.1, 0.15) is 0 Å². The lowest BCUT2D eigenvalue weighted by Gasteiger charge is -2.20. The van der Waals surface area contributed by atoms with Crippen molar-refractivity contribution in [3.05, 3.63) is 34.4 Å². The second-order valence-electron chi connectivity index (χ2n) is 4.64. The number of halogens is 1. The molecule has 1 fully saturated rings. The first-order valence-electron chi connectivity index (χ1n) is 6.14. The van der Waals surface area contributed by atoms with E-state index in [9.17, 15) is 4.79 Å². The molecule has 0 spiro atoms. The monoisotopic (exact) mass is 307 g/mol. The van der Waals surface area contributed by atoms with Crippen LogP contribution in [0, 0.1) is 5.92 Å². The largest absolute Gasteiger partial charge is 0.381 e. The lowest BCUT2D eigenvalue weighted by Crippen LogP contribution is -2.23. The second-order valence-corrected chi connectivity index (χ2v) is 5.56. The Morgan fingerprint density at radius 1 is 1.33 bits per heavy atom. The molecule has 18 heavy (non-hydrogen) atoms. The van der Waals surface area contributed by atoms with E-state index in [0.29, 0.717) is 13.2 Å². The number of H-pyrrole nitrogens is 1. The maximum atomic E-state index is 12.5. The van der Waals surface area contributed by atoms with E-state index in [-0.39, 0.29) is 11.7 Å². The summed E-state index contributed by atoms with van der Waals surface area (Å²) in [6.45, 7) is 1.40. The minimum absolute atomic E-state index is 0.112. The highest BCUT2D eigenvalue weighted by Gasteiger charge is 2.24. The van der Waals surface area contributed by atoms with Gasteiger partial charge in [0.25, 0.3) is 0 Å². The molecule has 4 heteroatoms. The Labute approximate surface area is 114 Å². The first-order chi connectivity index (χ1) is 8.75. The summed E-state index contributed by atoms with van der Waals surface area (Å²) in [4.78, 5) is 15.6. The van der Waals surface area contributed by atoms with Crippen molar-refractivity contribution in [1.82, 2.24) is 4.98 Å². The Hall–Kier alpha value is -1.13. The van der Waals surface area contributed by atoms with Gasteiger partial charge < -0.3 is 9.72 Å². The molecule has 1 N–H and O–H groups in total. The Kier molecular flexibility index (Phi) is 3.22. The molecule has 3 rings (SSSR count). The Morgan fingerprint density at radius 2 is 2.11 bits per heavy atom. The van der Waals surface area contributed by atoms with Crippen LogP contribution in [0.2, 0.25) is 0 Å². The number of ether oxygens (including phenoxy) is 1. The lowest BCUT2D eigenvalue weighted by atomic mass is 9.91. The number of carbonyl (C=O) groups is 1. The third kappa shape index (κ3) is 2.10. The fourth-order valence-electron chi connectivity index (χ4n) is 2.48. The molecule has 94 valence electrons. The van der Waals surface area contributed by atoms with Crippen molar-refractivity contribution in [3.63, 3.8) is 0 Å². The first-order valence-corrected chi connectivity index (χ1v) is 6.93. The SMILES string of the molecule is O=C(c1c[nH]c2cc(Br)ccc12)C1CCOCC1. The van der Waals surface area contributed by atoms with Gasteiger partial charge in [-0.15, -0.1) is 0 Å². The van der Waals surface area contributed by atoms with Gasteiger partial charge in [0, 0.05) is 46.3 Å². The van der Waals surface area contributed by atoms with Crippen molar-refractivity contribution in [3.8, 4) is 0 Å². The molecule has 2 aromatic rings. The number of ketones is 1. The standard InChI is InChI=1S/C14H14BrNO2/c15-10-1-2-11-12(8-16-13(11)7-10)14(17)9-3-5-18-6-4-9/h1-2,7-9,16H,3-6H2. The van der Waals surface area contributed by atoms with Crippen LogP contribution < -0.4 is 0 Å². The summed E-state index contributed by atoms with van der Waals surface area (Å²) in [6.07, 6.45) is 3.50. The number of hydrogen-bond acceptors (Lipinski definition) is 2. The average molecular weight is 308 g/mol. The Balaban J connectivity index is 1.96. The average Bonchev–Trinajstić information content (AvgIpc) is 2.81. The summed E-state index contributed by atoms with van der Waals surface area (Å²) in [6, 6.07) is 5.95. The maximum absolute atomic E-state index is 12.5. The number of fused-ring (bicyclic) bond motifs is 1. The zero-order valence-electron chi connectivity index (χ0n) is 9.91. The van der Waals surface area contributed by atoms with Crippen LogP contribution in [-0.2, 0) is 4.74 Å². The highest BCUT2D eigenvalue weighted by molar-refractivity contribution is 9.10. The van der Waals surface area contributed by atoms with Gasteiger partial charge in [-0.05, 0) is 25.0 Å². The molecule has 1 aliphatic heterocycles. The van der Waals surface area contributed by atoms with Crippen molar-refractivity contribution in [2.24, 2.45) is 5.92 Å². The predicted molar refractivity (Wildman–Crippen MR) is 73.9 cm³/mol. The van der Waals surface area contributed by atoms with E-state index in [1.165, 1.54) is 0 Å². The number of aromatic amines is 1. The van der Waals surface area contributed by atoms with Crippen LogP contribution in [0.15, 0.2) is 28.9 Å². The van der Waals surface area contributed by atoms with E-state index in [2.05, 4.69) is 20.9 Å². The number of nitrogens with one attached hydrogen (secondary N) is 1. The third-order valence-corrected chi connectivity index (χ3v) is 3.99. The summed E-state index contributed by atoms with van der Waals surface area (Å²) < 4.78 is 6.32. The predicted octanol–water partition coefficient (Wildman–Crippen LogP) is 3.54. The summed E-state index contributed by atoms with van der Waals surface area (Å²) in [5.41, 5.74) is 1.81. The molecular formula is C14H14BrNO2. The smallest absolute Gasteiger partial charge is 0.168 e. The topological polar surface area (TPSA) is 42.1 Å². The molecule has 1 saturated heterocycles. The summed E-state index contributed by atoms with van der Waals surface area (Å²) in [5, 5.41) is 1.01. The van der Waals surface area contributed by atoms with Crippen LogP contribution >= 0.6 is 15.9 Å². The van der Waals surface area contributed by atoms with Crippen LogP contribution in [0.5, 0.6) is 0 Å². The second kappa shape index (κ2) is 4.86. The van der Waals surface area contributed by atoms with Crippen LogP contribution in [0.1, 0.15) is 23.2 Å². The van der Waals surface area contributed by atoms with Gasteiger partial charge in [-0.1, -0.05) is 22.0 Å². The summed E-state index contributed by atoms with van der Waals surface area (Å²) in [7, 11) is 0. The van der Waals surface area contributed by atoms with E-state index in [1.54, 1.807) is 0 Å². The highest BCUT2D eigenvalue weighted by atomic mass is 79.9. The Morgan fingerprint density at radius 3 is 2.89 bits per heavy atom. The van der Waals surface area contributed by atoms with Crippen LogP contribution in [-0.4, -0.2) is 24.0 Å². The van der Waals surface area contributed by atoms with Crippen molar-refractivity contribution in [2.75, 3.05) is 13.2 Å². The molecule has 0 radical (unpaired) electrons. The maximum Gasteiger partial charge on any atom is 0.168 e. The fourth-order valence-corrected chi connectivity index (χ4v) is 2.84. The van der Waals surface area contributed by atoms with Gasteiger partial charge in [0.05, 0.1) is 0 Å². The molecule has 0 bridgehead atoms. The van der Waals surface area contributed by atoms with Gasteiger partial charge in [-0.3, -0.25) is 4.79 Å². The van der Waals surface area contributed by atoms with Crippen LogP contribution in [0.3, 0.4) is 0 Å². The summed E-state index contributed by atoms with van der Waals surface area (Å²) in [5.74, 6) is 0.355. The van der Waals surface area contributed by atoms with E-state index in [0.717, 1.165) is 33.8 Å². The molecule has 0 saturated carbocycles. The number of benzene rings is 1. The number of aromatic nitrogens is 1. The quantitative estimate of drug-likeness (QED) is 0.862.